The van der Waals surface area contributed by atoms with Gasteiger partial charge in [0.2, 0.25) is 0 Å². The largest absolute Gasteiger partial charge is 0.277 e. The Kier molecular flexibility index (Phi) is 5.00. The van der Waals surface area contributed by atoms with Crippen LogP contribution in [0, 0.1) is 0 Å². The third-order valence-corrected chi connectivity index (χ3v) is 6.23. The molecular weight excluding hydrogens is 482 g/mol. The molecule has 0 fully saturated rings. The fourth-order valence-electron chi connectivity index (χ4n) is 2.07. The zero-order valence-corrected chi connectivity index (χ0v) is 16.7. The fourth-order valence-corrected chi connectivity index (χ4v) is 4.82. The van der Waals surface area contributed by atoms with Crippen LogP contribution in [0.3, 0.4) is 0 Å². The lowest BCUT2D eigenvalue weighted by atomic mass is 10.3. The molecule has 1 N–H and O–H groups in total. The molecule has 0 saturated heterocycles. The van der Waals surface area contributed by atoms with Gasteiger partial charge in [0.1, 0.15) is 4.90 Å². The summed E-state index contributed by atoms with van der Waals surface area (Å²) in [5.41, 5.74) is 0.900. The van der Waals surface area contributed by atoms with Gasteiger partial charge in [-0.2, -0.15) is 5.10 Å². The molecule has 0 aliphatic carbocycles. The van der Waals surface area contributed by atoms with Crippen molar-refractivity contribution in [2.75, 3.05) is 4.72 Å². The summed E-state index contributed by atoms with van der Waals surface area (Å²) in [4.78, 5) is 0.123. The molecule has 5 nitrogen and oxygen atoms in total. The molecule has 3 aromatic rings. The molecule has 24 heavy (non-hydrogen) atoms. The second kappa shape index (κ2) is 6.87. The molecule has 0 aliphatic heterocycles. The van der Waals surface area contributed by atoms with Gasteiger partial charge in [0.25, 0.3) is 10.0 Å². The number of nitrogens with one attached hydrogen (secondary N) is 1. The number of benzene rings is 2. The van der Waals surface area contributed by atoms with E-state index in [0.29, 0.717) is 25.3 Å². The average molecular weight is 492 g/mol. The molecule has 0 radical (unpaired) electrons. The first kappa shape index (κ1) is 17.5. The van der Waals surface area contributed by atoms with Gasteiger partial charge >= 0.3 is 0 Å². The second-order valence-corrected chi connectivity index (χ2v) is 8.65. The van der Waals surface area contributed by atoms with E-state index in [-0.39, 0.29) is 4.90 Å². The lowest BCUT2D eigenvalue weighted by molar-refractivity contribution is 0.600. The quantitative estimate of drug-likeness (QED) is 0.568. The van der Waals surface area contributed by atoms with Crippen LogP contribution in [0.2, 0.25) is 5.02 Å². The van der Waals surface area contributed by atoms with Gasteiger partial charge < -0.3 is 0 Å². The summed E-state index contributed by atoms with van der Waals surface area (Å²) in [6.07, 6.45) is 3.31. The molecule has 0 aliphatic rings. The standard InChI is InChI=1S/C15H10Br2ClN3O2S/c16-10-2-4-12(17)15(8-10)24(22,23)20-13-5-3-11(18)9-14(13)21-7-1-6-19-21/h1-9,20H. The summed E-state index contributed by atoms with van der Waals surface area (Å²) >= 11 is 12.6. The van der Waals surface area contributed by atoms with Crippen molar-refractivity contribution in [3.8, 4) is 5.69 Å². The van der Waals surface area contributed by atoms with Crippen molar-refractivity contribution in [1.82, 2.24) is 9.78 Å². The van der Waals surface area contributed by atoms with E-state index in [0.717, 1.165) is 0 Å². The number of nitrogens with zero attached hydrogens (tertiary/aromatic N) is 2. The van der Waals surface area contributed by atoms with Gasteiger partial charge in [-0.3, -0.25) is 4.72 Å². The average Bonchev–Trinajstić information content (AvgIpc) is 3.05. The first-order valence-corrected chi connectivity index (χ1v) is 10.1. The van der Waals surface area contributed by atoms with Gasteiger partial charge in [-0.15, -0.1) is 0 Å². The highest BCUT2D eigenvalue weighted by atomic mass is 79.9. The van der Waals surface area contributed by atoms with Crippen molar-refractivity contribution in [3.05, 3.63) is 68.8 Å². The molecule has 1 heterocycles. The normalized spacial score (nSPS) is 11.5. The monoisotopic (exact) mass is 489 g/mol. The number of halogens is 3. The Bertz CT molecular complexity index is 992. The maximum absolute atomic E-state index is 12.8. The van der Waals surface area contributed by atoms with Crippen molar-refractivity contribution in [1.29, 1.82) is 0 Å². The van der Waals surface area contributed by atoms with Crippen molar-refractivity contribution < 1.29 is 8.42 Å². The summed E-state index contributed by atoms with van der Waals surface area (Å²) in [5.74, 6) is 0. The highest BCUT2D eigenvalue weighted by molar-refractivity contribution is 9.11. The molecule has 3 rings (SSSR count). The molecule has 0 spiro atoms. The molecule has 1 aromatic heterocycles. The molecule has 0 unspecified atom stereocenters. The molecule has 0 saturated carbocycles. The minimum atomic E-state index is -3.80. The van der Waals surface area contributed by atoms with Crippen molar-refractivity contribution in [2.45, 2.75) is 4.90 Å². The summed E-state index contributed by atoms with van der Waals surface area (Å²) in [6, 6.07) is 11.5. The summed E-state index contributed by atoms with van der Waals surface area (Å²) in [6.45, 7) is 0. The summed E-state index contributed by atoms with van der Waals surface area (Å²) in [7, 11) is -3.80. The van der Waals surface area contributed by atoms with Gasteiger partial charge in [-0.25, -0.2) is 13.1 Å². The van der Waals surface area contributed by atoms with E-state index in [1.165, 1.54) is 6.07 Å². The Morgan fingerprint density at radius 3 is 2.62 bits per heavy atom. The van der Waals surface area contributed by atoms with Gasteiger partial charge in [-0.05, 0) is 58.4 Å². The molecule has 124 valence electrons. The zero-order chi connectivity index (χ0) is 17.3. The molecule has 9 heteroatoms. The number of sulfonamides is 1. The van der Waals surface area contributed by atoms with Crippen molar-refractivity contribution in [3.63, 3.8) is 0 Å². The Morgan fingerprint density at radius 1 is 1.12 bits per heavy atom. The zero-order valence-electron chi connectivity index (χ0n) is 11.9. The van der Waals surface area contributed by atoms with Gasteiger partial charge in [0.15, 0.2) is 0 Å². The molecule has 0 bridgehead atoms. The number of rotatable bonds is 4. The number of hydrogen-bond acceptors (Lipinski definition) is 3. The van der Waals surface area contributed by atoms with E-state index in [9.17, 15) is 8.42 Å². The highest BCUT2D eigenvalue weighted by Crippen LogP contribution is 2.30. The van der Waals surface area contributed by atoms with E-state index in [1.807, 2.05) is 0 Å². The Balaban J connectivity index is 2.07. The molecule has 2 aromatic carbocycles. The lowest BCUT2D eigenvalue weighted by Gasteiger charge is -2.14. The SMILES string of the molecule is O=S(=O)(Nc1ccc(Cl)cc1-n1cccn1)c1cc(Br)ccc1Br. The molecular formula is C15H10Br2ClN3O2S. The van der Waals surface area contributed by atoms with Crippen LogP contribution in [0.15, 0.2) is 68.7 Å². The second-order valence-electron chi connectivity index (χ2n) is 4.79. The molecule has 0 atom stereocenters. The number of hydrogen-bond donors (Lipinski definition) is 1. The van der Waals surface area contributed by atoms with Gasteiger partial charge in [0, 0.05) is 26.4 Å². The van der Waals surface area contributed by atoms with E-state index in [1.54, 1.807) is 53.5 Å². The smallest absolute Gasteiger partial charge is 0.263 e. The highest BCUT2D eigenvalue weighted by Gasteiger charge is 2.20. The van der Waals surface area contributed by atoms with E-state index < -0.39 is 10.0 Å². The van der Waals surface area contributed by atoms with E-state index in [4.69, 9.17) is 11.6 Å². The van der Waals surface area contributed by atoms with Gasteiger partial charge in [0.05, 0.1) is 11.4 Å². The van der Waals surface area contributed by atoms with Crippen LogP contribution in [0.25, 0.3) is 5.69 Å². The Hall–Kier alpha value is -1.35. The summed E-state index contributed by atoms with van der Waals surface area (Å²) < 4.78 is 30.8. The maximum atomic E-state index is 12.8. The van der Waals surface area contributed by atoms with Crippen LogP contribution in [-0.2, 0) is 10.0 Å². The Labute approximate surface area is 161 Å². The lowest BCUT2D eigenvalue weighted by Crippen LogP contribution is -2.15. The van der Waals surface area contributed by atoms with Crippen molar-refractivity contribution >= 4 is 59.2 Å². The molecule has 0 amide bonds. The van der Waals surface area contributed by atoms with Crippen LogP contribution in [0.4, 0.5) is 5.69 Å². The Morgan fingerprint density at radius 2 is 1.92 bits per heavy atom. The fraction of sp³-hybridized carbons (Fsp3) is 0. The summed E-state index contributed by atoms with van der Waals surface area (Å²) in [5, 5.41) is 4.61. The third kappa shape index (κ3) is 3.66. The number of anilines is 1. The maximum Gasteiger partial charge on any atom is 0.263 e. The first-order chi connectivity index (χ1) is 11.4. The van der Waals surface area contributed by atoms with Gasteiger partial charge in [-0.1, -0.05) is 27.5 Å². The van der Waals surface area contributed by atoms with Crippen molar-refractivity contribution in [2.24, 2.45) is 0 Å². The van der Waals surface area contributed by atoms with Crippen LogP contribution >= 0.6 is 43.5 Å². The first-order valence-electron chi connectivity index (χ1n) is 6.64. The minimum absolute atomic E-state index is 0.123. The number of aromatic nitrogens is 2. The minimum Gasteiger partial charge on any atom is -0.277 e. The van der Waals surface area contributed by atoms with E-state index >= 15 is 0 Å². The van der Waals surface area contributed by atoms with E-state index in [2.05, 4.69) is 41.7 Å². The third-order valence-electron chi connectivity index (χ3n) is 3.14. The van der Waals surface area contributed by atoms with Crippen LogP contribution in [-0.4, -0.2) is 18.2 Å². The van der Waals surface area contributed by atoms with Crippen LogP contribution < -0.4 is 4.72 Å². The predicted molar refractivity (Wildman–Crippen MR) is 101 cm³/mol. The van der Waals surface area contributed by atoms with Crippen LogP contribution in [0.5, 0.6) is 0 Å². The predicted octanol–water partition coefficient (Wildman–Crippen LogP) is 4.85. The van der Waals surface area contributed by atoms with Crippen LogP contribution in [0.1, 0.15) is 0 Å². The topological polar surface area (TPSA) is 64.0 Å².